The number of rotatable bonds is 4. The number of likely N-dealkylation sites (tertiary alicyclic amines) is 1. The van der Waals surface area contributed by atoms with Gasteiger partial charge in [0.1, 0.15) is 17.6 Å². The number of halogens is 3. The zero-order chi connectivity index (χ0) is 23.5. The maximum Gasteiger partial charge on any atom is 0.433 e. The fourth-order valence-electron chi connectivity index (χ4n) is 6.85. The molecule has 4 aliphatic carbocycles. The number of primary amides is 1. The highest BCUT2D eigenvalue weighted by atomic mass is 19.4. The topological polar surface area (TPSA) is 88.8 Å². The molecule has 33 heavy (non-hydrogen) atoms. The summed E-state index contributed by atoms with van der Waals surface area (Å²) in [7, 11) is 1.70. The molecule has 5 fully saturated rings. The van der Waals surface area contributed by atoms with E-state index in [0.29, 0.717) is 38.3 Å². The van der Waals surface area contributed by atoms with Crippen LogP contribution in [-0.2, 0) is 15.7 Å². The third-order valence-corrected chi connectivity index (χ3v) is 8.30. The Labute approximate surface area is 190 Å². The first-order chi connectivity index (χ1) is 15.6. The highest BCUT2D eigenvalue weighted by Gasteiger charge is 2.59. The van der Waals surface area contributed by atoms with Crippen molar-refractivity contribution in [3.05, 3.63) is 23.9 Å². The van der Waals surface area contributed by atoms with Crippen LogP contribution in [0.3, 0.4) is 0 Å². The molecule has 180 valence electrons. The molecular formula is C23H29F3N4O3. The van der Waals surface area contributed by atoms with E-state index in [2.05, 4.69) is 4.98 Å². The summed E-state index contributed by atoms with van der Waals surface area (Å²) in [4.78, 5) is 32.2. The fraction of sp³-hybridized carbons (Fsp3) is 0.696. The first-order valence-electron chi connectivity index (χ1n) is 11.6. The van der Waals surface area contributed by atoms with E-state index in [1.165, 1.54) is 6.07 Å². The summed E-state index contributed by atoms with van der Waals surface area (Å²) < 4.78 is 45.0. The molecule has 4 saturated carbocycles. The summed E-state index contributed by atoms with van der Waals surface area (Å²) >= 11 is 0. The lowest BCUT2D eigenvalue weighted by Crippen LogP contribution is -2.59. The predicted molar refractivity (Wildman–Crippen MR) is 113 cm³/mol. The Morgan fingerprint density at radius 1 is 1.21 bits per heavy atom. The molecule has 4 unspecified atom stereocenters. The lowest BCUT2D eigenvalue weighted by molar-refractivity contribution is -0.161. The molecule has 6 atom stereocenters. The Kier molecular flexibility index (Phi) is 5.25. The molecule has 2 amide bonds. The van der Waals surface area contributed by atoms with E-state index in [0.717, 1.165) is 25.3 Å². The number of carbonyl (C=O) groups is 2. The zero-order valence-electron chi connectivity index (χ0n) is 18.6. The smallest absolute Gasteiger partial charge is 0.433 e. The normalized spacial score (nSPS) is 35.0. The average Bonchev–Trinajstić information content (AvgIpc) is 3.25. The minimum Gasteiger partial charge on any atom is -0.446 e. The van der Waals surface area contributed by atoms with Crippen LogP contribution in [0.5, 0.6) is 0 Å². The molecule has 5 aliphatic rings. The number of carbonyl (C=O) groups excluding carboxylic acids is 2. The maximum atomic E-state index is 13.0. The number of likely N-dealkylation sites (N-methyl/N-ethyl adjacent to an activating group) is 1. The zero-order valence-corrected chi connectivity index (χ0v) is 18.6. The van der Waals surface area contributed by atoms with E-state index in [-0.39, 0.29) is 41.8 Å². The molecular weight excluding hydrogens is 437 g/mol. The first-order valence-corrected chi connectivity index (χ1v) is 11.6. The van der Waals surface area contributed by atoms with Crippen molar-refractivity contribution in [2.24, 2.45) is 28.9 Å². The summed E-state index contributed by atoms with van der Waals surface area (Å²) in [6.45, 7) is 0.839. The number of nitrogens with zero attached hydrogens (tertiary/aromatic N) is 3. The molecule has 10 heteroatoms. The van der Waals surface area contributed by atoms with E-state index in [1.54, 1.807) is 22.9 Å². The van der Waals surface area contributed by atoms with Gasteiger partial charge in [0.25, 0.3) is 0 Å². The fourth-order valence-corrected chi connectivity index (χ4v) is 6.85. The number of hydrogen-bond acceptors (Lipinski definition) is 5. The summed E-state index contributed by atoms with van der Waals surface area (Å²) in [6.07, 6.45) is -0.273. The van der Waals surface area contributed by atoms with Crippen molar-refractivity contribution in [2.45, 2.75) is 56.8 Å². The summed E-state index contributed by atoms with van der Waals surface area (Å²) in [5.74, 6) is 0.823. The summed E-state index contributed by atoms with van der Waals surface area (Å²) in [6, 6.07) is 3.68. The van der Waals surface area contributed by atoms with E-state index in [1.807, 2.05) is 0 Å². The molecule has 1 aromatic heterocycles. The molecule has 1 saturated heterocycles. The van der Waals surface area contributed by atoms with Crippen LogP contribution in [0.4, 0.5) is 23.8 Å². The number of anilines is 1. The predicted octanol–water partition coefficient (Wildman–Crippen LogP) is 3.43. The Bertz CT molecular complexity index is 939. The van der Waals surface area contributed by atoms with Gasteiger partial charge in [-0.2, -0.15) is 13.2 Å². The van der Waals surface area contributed by atoms with Gasteiger partial charge in [0.05, 0.1) is 5.41 Å². The number of aromatic nitrogens is 1. The van der Waals surface area contributed by atoms with Crippen molar-refractivity contribution in [2.75, 3.05) is 25.0 Å². The van der Waals surface area contributed by atoms with E-state index in [9.17, 15) is 22.8 Å². The molecule has 1 aliphatic heterocycles. The Hall–Kier alpha value is -2.52. The van der Waals surface area contributed by atoms with Gasteiger partial charge >= 0.3 is 12.3 Å². The van der Waals surface area contributed by atoms with Gasteiger partial charge in [-0.1, -0.05) is 6.07 Å². The quantitative estimate of drug-likeness (QED) is 0.735. The number of hydrogen-bond donors (Lipinski definition) is 1. The minimum atomic E-state index is -4.51. The SMILES string of the molecule is CN(c1cccc(C(F)(F)F)n1)C1CCN(C(=O)OC2C3CC4C[C@H]2C[C@@](C(N)=O)(C4)C3)C1. The van der Waals surface area contributed by atoms with Crippen molar-refractivity contribution in [3.8, 4) is 0 Å². The van der Waals surface area contributed by atoms with Gasteiger partial charge in [0.2, 0.25) is 5.91 Å². The van der Waals surface area contributed by atoms with Crippen LogP contribution in [0.15, 0.2) is 18.2 Å². The Morgan fingerprint density at radius 3 is 2.55 bits per heavy atom. The van der Waals surface area contributed by atoms with Crippen molar-refractivity contribution in [3.63, 3.8) is 0 Å². The van der Waals surface area contributed by atoms with Gasteiger partial charge in [0, 0.05) is 26.2 Å². The molecule has 4 bridgehead atoms. The molecule has 2 heterocycles. The second-order valence-electron chi connectivity index (χ2n) is 10.3. The third kappa shape index (κ3) is 3.91. The van der Waals surface area contributed by atoms with Crippen molar-refractivity contribution in [1.82, 2.24) is 9.88 Å². The number of pyridine rings is 1. The molecule has 0 aromatic carbocycles. The van der Waals surface area contributed by atoms with Crippen LogP contribution >= 0.6 is 0 Å². The van der Waals surface area contributed by atoms with Gasteiger partial charge in [-0.05, 0) is 68.4 Å². The Morgan fingerprint density at radius 2 is 1.91 bits per heavy atom. The van der Waals surface area contributed by atoms with Crippen LogP contribution in [0.1, 0.15) is 44.2 Å². The van der Waals surface area contributed by atoms with Gasteiger partial charge in [-0.15, -0.1) is 0 Å². The molecule has 6 rings (SSSR count). The van der Waals surface area contributed by atoms with Crippen LogP contribution < -0.4 is 10.6 Å². The highest BCUT2D eigenvalue weighted by Crippen LogP contribution is 2.60. The summed E-state index contributed by atoms with van der Waals surface area (Å²) in [5.41, 5.74) is 4.37. The molecule has 7 nitrogen and oxygen atoms in total. The van der Waals surface area contributed by atoms with Gasteiger partial charge in [-0.3, -0.25) is 4.79 Å². The van der Waals surface area contributed by atoms with Gasteiger partial charge in [0.15, 0.2) is 0 Å². The number of ether oxygens (including phenoxy) is 1. The lowest BCUT2D eigenvalue weighted by Gasteiger charge is -2.58. The third-order valence-electron chi connectivity index (χ3n) is 8.30. The number of amides is 2. The van der Waals surface area contributed by atoms with E-state index >= 15 is 0 Å². The molecule has 0 radical (unpaired) electrons. The number of alkyl halides is 3. The average molecular weight is 467 g/mol. The van der Waals surface area contributed by atoms with Gasteiger partial charge in [-0.25, -0.2) is 9.78 Å². The molecule has 0 spiro atoms. The highest BCUT2D eigenvalue weighted by molar-refractivity contribution is 5.81. The standard InChI is InChI=1S/C23H29F3N4O3/c1-29(18-4-2-3-17(28-18)23(24,25)26)16-5-6-30(12-16)21(32)33-19-14-7-13-8-15(19)11-22(9-13,10-14)20(27)31/h2-4,13-16,19H,5-12H2,1H3,(H2,27,31)/t13?,14-,15?,16?,19?,22-/m0/s1. The van der Waals surface area contributed by atoms with Crippen molar-refractivity contribution < 1.29 is 27.5 Å². The number of nitrogens with two attached hydrogens (primary N) is 1. The van der Waals surface area contributed by atoms with Crippen LogP contribution in [0, 0.1) is 23.2 Å². The molecule has 2 N–H and O–H groups in total. The monoisotopic (exact) mass is 466 g/mol. The second kappa shape index (κ2) is 7.77. The van der Waals surface area contributed by atoms with E-state index in [4.69, 9.17) is 10.5 Å². The van der Waals surface area contributed by atoms with Crippen LogP contribution in [0.2, 0.25) is 0 Å². The summed E-state index contributed by atoms with van der Waals surface area (Å²) in [5, 5.41) is 0. The maximum absolute atomic E-state index is 13.0. The van der Waals surface area contributed by atoms with Gasteiger partial charge < -0.3 is 20.3 Å². The largest absolute Gasteiger partial charge is 0.446 e. The molecule has 1 aromatic rings. The minimum absolute atomic E-state index is 0.148. The first kappa shape index (κ1) is 22.3. The Balaban J connectivity index is 1.21. The van der Waals surface area contributed by atoms with Crippen molar-refractivity contribution in [1.29, 1.82) is 0 Å². The van der Waals surface area contributed by atoms with Crippen molar-refractivity contribution >= 4 is 17.8 Å². The van der Waals surface area contributed by atoms with E-state index < -0.39 is 17.3 Å². The van der Waals surface area contributed by atoms with Crippen LogP contribution in [-0.4, -0.2) is 54.2 Å². The lowest BCUT2D eigenvalue weighted by atomic mass is 9.48. The second-order valence-corrected chi connectivity index (χ2v) is 10.3. The van der Waals surface area contributed by atoms with Crippen LogP contribution in [0.25, 0.3) is 0 Å².